The maximum absolute atomic E-state index is 2.45. The molecule has 1 fully saturated rings. The van der Waals surface area contributed by atoms with E-state index >= 15 is 0 Å². The summed E-state index contributed by atoms with van der Waals surface area (Å²) in [5.41, 5.74) is 9.09. The molecule has 0 aliphatic heterocycles. The van der Waals surface area contributed by atoms with Crippen LogP contribution < -0.4 is 0 Å². The number of benzene rings is 9. The highest BCUT2D eigenvalue weighted by Gasteiger charge is 2.16. The highest BCUT2D eigenvalue weighted by Crippen LogP contribution is 2.40. The van der Waals surface area contributed by atoms with Crippen LogP contribution in [0.25, 0.3) is 87.2 Å². The zero-order chi connectivity index (χ0) is 33.0. The van der Waals surface area contributed by atoms with Crippen LogP contribution in [-0.2, 0) is 0 Å². The molecule has 0 amide bonds. The Morgan fingerprint density at radius 2 is 0.860 bits per heavy atom. The van der Waals surface area contributed by atoms with Gasteiger partial charge in [0.1, 0.15) is 0 Å². The summed E-state index contributed by atoms with van der Waals surface area (Å²) in [7, 11) is 0. The van der Waals surface area contributed by atoms with E-state index in [2.05, 4.69) is 164 Å². The minimum absolute atomic E-state index is 0.726. The molecule has 0 atom stereocenters. The number of rotatable bonds is 4. The normalized spacial score (nSPS) is 13.9. The highest BCUT2D eigenvalue weighted by atomic mass is 14.2. The third kappa shape index (κ3) is 5.06. The molecule has 0 N–H and O–H groups in total. The summed E-state index contributed by atoms with van der Waals surface area (Å²) in [6.07, 6.45) is 6.80. The highest BCUT2D eigenvalue weighted by molar-refractivity contribution is 6.23. The van der Waals surface area contributed by atoms with Gasteiger partial charge >= 0.3 is 0 Å². The van der Waals surface area contributed by atoms with E-state index in [4.69, 9.17) is 0 Å². The van der Waals surface area contributed by atoms with Gasteiger partial charge in [-0.05, 0) is 136 Å². The molecule has 0 radical (unpaired) electrons. The summed E-state index contributed by atoms with van der Waals surface area (Å²) in [6.45, 7) is 0. The lowest BCUT2D eigenvalue weighted by Crippen LogP contribution is -2.04. The van der Waals surface area contributed by atoms with Crippen molar-refractivity contribution in [2.45, 2.75) is 38.0 Å². The maximum atomic E-state index is 2.45. The first-order valence-corrected chi connectivity index (χ1v) is 18.3. The molecule has 1 aliphatic carbocycles. The molecule has 1 aliphatic rings. The second-order valence-electron chi connectivity index (χ2n) is 14.4. The molecule has 0 nitrogen and oxygen atoms in total. The van der Waals surface area contributed by atoms with Crippen LogP contribution in [0.4, 0.5) is 0 Å². The lowest BCUT2D eigenvalue weighted by atomic mass is 9.83. The van der Waals surface area contributed by atoms with E-state index in [9.17, 15) is 0 Å². The van der Waals surface area contributed by atoms with Crippen molar-refractivity contribution in [3.63, 3.8) is 0 Å². The fourth-order valence-corrected chi connectivity index (χ4v) is 8.70. The molecule has 9 aromatic rings. The molecule has 0 spiro atoms. The van der Waals surface area contributed by atoms with E-state index in [1.807, 2.05) is 0 Å². The molecule has 9 aromatic carbocycles. The Morgan fingerprint density at radius 1 is 0.320 bits per heavy atom. The summed E-state index contributed by atoms with van der Waals surface area (Å²) in [4.78, 5) is 0. The quantitative estimate of drug-likeness (QED) is 0.168. The first-order valence-electron chi connectivity index (χ1n) is 18.3. The summed E-state index contributed by atoms with van der Waals surface area (Å²) >= 11 is 0. The van der Waals surface area contributed by atoms with Crippen molar-refractivity contribution in [1.29, 1.82) is 0 Å². The van der Waals surface area contributed by atoms with Crippen LogP contribution in [0, 0.1) is 0 Å². The molecular formula is C50H38. The van der Waals surface area contributed by atoms with Crippen LogP contribution in [0.2, 0.25) is 0 Å². The van der Waals surface area contributed by atoms with Gasteiger partial charge in [-0.25, -0.2) is 0 Å². The van der Waals surface area contributed by atoms with Crippen LogP contribution in [0.1, 0.15) is 43.6 Å². The second-order valence-corrected chi connectivity index (χ2v) is 14.4. The van der Waals surface area contributed by atoms with E-state index in [-0.39, 0.29) is 0 Å². The standard InChI is InChI=1S/C50H38/c1-2-8-33(9-3-1)39-21-18-36-19-22-40(31-45(36)30-39)35-16-14-34(15-17-35)38-23-24-42-29-43(26-25-41(42)28-38)49-32-44-27-20-37-10-4-5-11-46(37)50(44)48-13-7-6-12-47(48)49/h4-7,10-33H,1-3,8-9H2. The van der Waals surface area contributed by atoms with Gasteiger partial charge in [0.2, 0.25) is 0 Å². The predicted molar refractivity (Wildman–Crippen MR) is 216 cm³/mol. The number of hydrogen-bond donors (Lipinski definition) is 0. The zero-order valence-corrected chi connectivity index (χ0v) is 28.2. The molecule has 1 saturated carbocycles. The van der Waals surface area contributed by atoms with Crippen LogP contribution in [0.3, 0.4) is 0 Å². The minimum atomic E-state index is 0.726. The van der Waals surface area contributed by atoms with E-state index < -0.39 is 0 Å². The topological polar surface area (TPSA) is 0 Å². The molecule has 10 rings (SSSR count). The predicted octanol–water partition coefficient (Wildman–Crippen LogP) is 14.5. The van der Waals surface area contributed by atoms with Gasteiger partial charge in [-0.15, -0.1) is 0 Å². The Kier molecular flexibility index (Phi) is 7.01. The molecule has 50 heavy (non-hydrogen) atoms. The van der Waals surface area contributed by atoms with Crippen molar-refractivity contribution in [2.75, 3.05) is 0 Å². The second kappa shape index (κ2) is 12.0. The van der Waals surface area contributed by atoms with Crippen molar-refractivity contribution >= 4 is 53.9 Å². The summed E-state index contributed by atoms with van der Waals surface area (Å²) in [5, 5.41) is 13.0. The molecule has 238 valence electrons. The Labute approximate surface area is 293 Å². The monoisotopic (exact) mass is 638 g/mol. The van der Waals surface area contributed by atoms with Crippen molar-refractivity contribution in [3.05, 3.63) is 169 Å². The Balaban J connectivity index is 0.967. The Hall–Kier alpha value is -5.72. The molecule has 0 heterocycles. The largest absolute Gasteiger partial charge is 0.0616 e. The fraction of sp³-hybridized carbons (Fsp3) is 0.120. The van der Waals surface area contributed by atoms with Gasteiger partial charge in [-0.1, -0.05) is 159 Å². The summed E-state index contributed by atoms with van der Waals surface area (Å²) in [5.74, 6) is 0.726. The van der Waals surface area contributed by atoms with Crippen LogP contribution in [-0.4, -0.2) is 0 Å². The van der Waals surface area contributed by atoms with Crippen molar-refractivity contribution in [2.24, 2.45) is 0 Å². The molecule has 0 bridgehead atoms. The van der Waals surface area contributed by atoms with Gasteiger partial charge in [0.25, 0.3) is 0 Å². The SMILES string of the molecule is c1ccc2c(c1)ccc1cc(-c3ccc4cc(-c5ccc(-c6ccc7ccc(C8CCCCC8)cc7c6)cc5)ccc4c3)c3ccccc3c12. The lowest BCUT2D eigenvalue weighted by Gasteiger charge is -2.22. The van der Waals surface area contributed by atoms with Crippen LogP contribution >= 0.6 is 0 Å². The first-order chi connectivity index (χ1) is 24.7. The molecule has 0 aromatic heterocycles. The zero-order valence-electron chi connectivity index (χ0n) is 28.2. The van der Waals surface area contributed by atoms with E-state index in [1.54, 1.807) is 0 Å². The lowest BCUT2D eigenvalue weighted by molar-refractivity contribution is 0.444. The number of fused-ring (bicyclic) bond motifs is 7. The van der Waals surface area contributed by atoms with Gasteiger partial charge in [-0.3, -0.25) is 0 Å². The maximum Gasteiger partial charge on any atom is -0.00264 e. The summed E-state index contributed by atoms with van der Waals surface area (Å²) < 4.78 is 0. The van der Waals surface area contributed by atoms with Gasteiger partial charge in [0.05, 0.1) is 0 Å². The fourth-order valence-electron chi connectivity index (χ4n) is 8.70. The van der Waals surface area contributed by atoms with Crippen LogP contribution in [0.15, 0.2) is 164 Å². The number of hydrogen-bond acceptors (Lipinski definition) is 0. The average molecular weight is 639 g/mol. The van der Waals surface area contributed by atoms with E-state index in [0.717, 1.165) is 5.92 Å². The molecular weight excluding hydrogens is 601 g/mol. The van der Waals surface area contributed by atoms with Gasteiger partial charge in [-0.2, -0.15) is 0 Å². The molecule has 0 heteroatoms. The first kappa shape index (κ1) is 29.2. The van der Waals surface area contributed by atoms with Gasteiger partial charge in [0.15, 0.2) is 0 Å². The average Bonchev–Trinajstić information content (AvgIpc) is 3.20. The van der Waals surface area contributed by atoms with Crippen molar-refractivity contribution in [1.82, 2.24) is 0 Å². The van der Waals surface area contributed by atoms with E-state index in [0.29, 0.717) is 0 Å². The minimum Gasteiger partial charge on any atom is -0.0616 e. The van der Waals surface area contributed by atoms with Crippen molar-refractivity contribution in [3.8, 4) is 33.4 Å². The Morgan fingerprint density at radius 3 is 1.62 bits per heavy atom. The molecule has 0 unspecified atom stereocenters. The summed E-state index contributed by atoms with van der Waals surface area (Å²) in [6, 6.07) is 61.5. The molecule has 0 saturated heterocycles. The third-order valence-corrected chi connectivity index (χ3v) is 11.4. The Bertz CT molecular complexity index is 2720. The van der Waals surface area contributed by atoms with Gasteiger partial charge in [0, 0.05) is 0 Å². The van der Waals surface area contributed by atoms with Crippen molar-refractivity contribution < 1.29 is 0 Å². The third-order valence-electron chi connectivity index (χ3n) is 11.4. The smallest absolute Gasteiger partial charge is 0.00264 e. The van der Waals surface area contributed by atoms with Gasteiger partial charge < -0.3 is 0 Å². The van der Waals surface area contributed by atoms with E-state index in [1.165, 1.54) is 125 Å². The van der Waals surface area contributed by atoms with Crippen LogP contribution in [0.5, 0.6) is 0 Å².